The van der Waals surface area contributed by atoms with Crippen LogP contribution in [0, 0.1) is 13.8 Å². The van der Waals surface area contributed by atoms with Gasteiger partial charge in [-0.1, -0.05) is 12.1 Å². The molecule has 0 radical (unpaired) electrons. The molecule has 5 heteroatoms. The number of hydrogen-bond acceptors (Lipinski definition) is 3. The zero-order valence-electron chi connectivity index (χ0n) is 9.24. The molecule has 1 amide bonds. The van der Waals surface area contributed by atoms with E-state index in [1.54, 1.807) is 0 Å². The van der Waals surface area contributed by atoms with Crippen molar-refractivity contribution in [2.24, 2.45) is 5.73 Å². The second-order valence-corrected chi connectivity index (χ2v) is 3.84. The van der Waals surface area contributed by atoms with E-state index >= 15 is 0 Å². The van der Waals surface area contributed by atoms with Crippen molar-refractivity contribution >= 4 is 23.2 Å². The molecule has 0 aliphatic carbocycles. The highest BCUT2D eigenvalue weighted by atomic mass is 32.1. The quantitative estimate of drug-likeness (QED) is 0.772. The van der Waals surface area contributed by atoms with Crippen molar-refractivity contribution in [3.8, 4) is 5.75 Å². The molecule has 1 rings (SSSR count). The van der Waals surface area contributed by atoms with Crippen LogP contribution in [-0.4, -0.2) is 17.6 Å². The van der Waals surface area contributed by atoms with Gasteiger partial charge in [0.05, 0.1) is 0 Å². The number of hydrogen-bond donors (Lipinski definition) is 2. The smallest absolute Gasteiger partial charge is 0.264 e. The van der Waals surface area contributed by atoms with Crippen LogP contribution >= 0.6 is 12.2 Å². The van der Waals surface area contributed by atoms with Crippen LogP contribution in [0.5, 0.6) is 5.75 Å². The first-order valence-electron chi connectivity index (χ1n) is 4.79. The average Bonchev–Trinajstić information content (AvgIpc) is 2.19. The largest absolute Gasteiger partial charge is 0.483 e. The lowest BCUT2D eigenvalue weighted by molar-refractivity contribution is -0.121. The Kier molecular flexibility index (Phi) is 4.25. The monoisotopic (exact) mass is 238 g/mol. The Labute approximate surface area is 99.8 Å². The number of rotatable bonds is 3. The van der Waals surface area contributed by atoms with Gasteiger partial charge in [0.15, 0.2) is 11.7 Å². The highest BCUT2D eigenvalue weighted by molar-refractivity contribution is 7.80. The molecular weight excluding hydrogens is 224 g/mol. The number of aryl methyl sites for hydroxylation is 1. The Morgan fingerprint density at radius 3 is 2.81 bits per heavy atom. The van der Waals surface area contributed by atoms with Crippen LogP contribution in [0.3, 0.4) is 0 Å². The molecule has 0 fully saturated rings. The van der Waals surface area contributed by atoms with Gasteiger partial charge in [-0.2, -0.15) is 0 Å². The molecule has 0 atom stereocenters. The minimum Gasteiger partial charge on any atom is -0.483 e. The lowest BCUT2D eigenvalue weighted by Crippen LogP contribution is -2.37. The molecule has 0 heterocycles. The molecular formula is C11H14N2O2S. The SMILES string of the molecule is Cc1cccc(OCC(=O)NC(N)=S)c1C. The first-order chi connectivity index (χ1) is 7.50. The molecule has 0 saturated carbocycles. The van der Waals surface area contributed by atoms with Crippen molar-refractivity contribution < 1.29 is 9.53 Å². The highest BCUT2D eigenvalue weighted by Crippen LogP contribution is 2.20. The predicted octanol–water partition coefficient (Wildman–Crippen LogP) is 1.04. The fourth-order valence-corrected chi connectivity index (χ4v) is 1.31. The molecule has 0 aliphatic heterocycles. The summed E-state index contributed by atoms with van der Waals surface area (Å²) in [6.45, 7) is 3.83. The van der Waals surface area contributed by atoms with Crippen LogP contribution < -0.4 is 15.8 Å². The van der Waals surface area contributed by atoms with Gasteiger partial charge in [-0.05, 0) is 43.3 Å². The third-order valence-electron chi connectivity index (χ3n) is 2.18. The Balaban J connectivity index is 2.58. The summed E-state index contributed by atoms with van der Waals surface area (Å²) in [6, 6.07) is 5.68. The normalized spacial score (nSPS) is 9.62. The molecule has 0 bridgehead atoms. The number of thiocarbonyl (C=S) groups is 1. The van der Waals surface area contributed by atoms with Crippen LogP contribution in [0.15, 0.2) is 18.2 Å². The Hall–Kier alpha value is -1.62. The lowest BCUT2D eigenvalue weighted by Gasteiger charge is -2.10. The third kappa shape index (κ3) is 3.51. The maximum absolute atomic E-state index is 11.2. The van der Waals surface area contributed by atoms with E-state index in [9.17, 15) is 4.79 Å². The van der Waals surface area contributed by atoms with Gasteiger partial charge in [-0.25, -0.2) is 0 Å². The molecule has 0 saturated heterocycles. The summed E-state index contributed by atoms with van der Waals surface area (Å²) in [6.07, 6.45) is 0. The van der Waals surface area contributed by atoms with E-state index < -0.39 is 0 Å². The summed E-state index contributed by atoms with van der Waals surface area (Å²) >= 11 is 4.54. The molecule has 16 heavy (non-hydrogen) atoms. The topological polar surface area (TPSA) is 64.3 Å². The molecule has 3 N–H and O–H groups in total. The predicted molar refractivity (Wildman–Crippen MR) is 66.3 cm³/mol. The molecule has 0 aromatic heterocycles. The lowest BCUT2D eigenvalue weighted by atomic mass is 10.1. The van der Waals surface area contributed by atoms with Gasteiger partial charge in [0, 0.05) is 0 Å². The van der Waals surface area contributed by atoms with Crippen LogP contribution in [0.4, 0.5) is 0 Å². The molecule has 0 unspecified atom stereocenters. The van der Waals surface area contributed by atoms with E-state index in [-0.39, 0.29) is 17.6 Å². The van der Waals surface area contributed by atoms with Crippen molar-refractivity contribution in [1.29, 1.82) is 0 Å². The van der Waals surface area contributed by atoms with Crippen molar-refractivity contribution in [2.75, 3.05) is 6.61 Å². The minimum atomic E-state index is -0.353. The number of amides is 1. The van der Waals surface area contributed by atoms with Crippen molar-refractivity contribution in [2.45, 2.75) is 13.8 Å². The van der Waals surface area contributed by atoms with Crippen LogP contribution in [0.25, 0.3) is 0 Å². The maximum Gasteiger partial charge on any atom is 0.264 e. The maximum atomic E-state index is 11.2. The van der Waals surface area contributed by atoms with Gasteiger partial charge in [0.25, 0.3) is 5.91 Å². The number of carbonyl (C=O) groups excluding carboxylic acids is 1. The first-order valence-corrected chi connectivity index (χ1v) is 5.20. The number of nitrogens with one attached hydrogen (secondary N) is 1. The molecule has 86 valence electrons. The fourth-order valence-electron chi connectivity index (χ4n) is 1.20. The molecule has 0 spiro atoms. The number of nitrogens with two attached hydrogens (primary N) is 1. The van der Waals surface area contributed by atoms with Gasteiger partial charge in [0.2, 0.25) is 0 Å². The van der Waals surface area contributed by atoms with E-state index in [0.29, 0.717) is 5.75 Å². The minimum absolute atomic E-state index is 0.0467. The zero-order chi connectivity index (χ0) is 12.1. The Morgan fingerprint density at radius 2 is 2.19 bits per heavy atom. The first kappa shape index (κ1) is 12.4. The second kappa shape index (κ2) is 5.46. The molecule has 0 aliphatic rings. The van der Waals surface area contributed by atoms with Crippen molar-refractivity contribution in [3.05, 3.63) is 29.3 Å². The average molecular weight is 238 g/mol. The van der Waals surface area contributed by atoms with E-state index in [1.807, 2.05) is 32.0 Å². The van der Waals surface area contributed by atoms with Gasteiger partial charge in [-0.15, -0.1) is 0 Å². The third-order valence-corrected chi connectivity index (χ3v) is 2.28. The Morgan fingerprint density at radius 1 is 1.50 bits per heavy atom. The van der Waals surface area contributed by atoms with E-state index in [1.165, 1.54) is 0 Å². The van der Waals surface area contributed by atoms with Gasteiger partial charge in [-0.3, -0.25) is 4.79 Å². The van der Waals surface area contributed by atoms with Gasteiger partial charge < -0.3 is 15.8 Å². The second-order valence-electron chi connectivity index (χ2n) is 3.40. The van der Waals surface area contributed by atoms with Crippen LogP contribution in [0.2, 0.25) is 0 Å². The summed E-state index contributed by atoms with van der Waals surface area (Å²) in [7, 11) is 0. The molecule has 1 aromatic carbocycles. The number of benzene rings is 1. The van der Waals surface area contributed by atoms with E-state index in [4.69, 9.17) is 10.5 Å². The summed E-state index contributed by atoms with van der Waals surface area (Å²) in [4.78, 5) is 11.2. The highest BCUT2D eigenvalue weighted by Gasteiger charge is 2.06. The fraction of sp³-hybridized carbons (Fsp3) is 0.273. The van der Waals surface area contributed by atoms with Gasteiger partial charge >= 0.3 is 0 Å². The summed E-state index contributed by atoms with van der Waals surface area (Å²) in [5.74, 6) is 0.339. The van der Waals surface area contributed by atoms with E-state index in [2.05, 4.69) is 17.5 Å². The van der Waals surface area contributed by atoms with E-state index in [0.717, 1.165) is 11.1 Å². The number of ether oxygens (including phenoxy) is 1. The van der Waals surface area contributed by atoms with Crippen molar-refractivity contribution in [3.63, 3.8) is 0 Å². The van der Waals surface area contributed by atoms with Crippen molar-refractivity contribution in [1.82, 2.24) is 5.32 Å². The standard InChI is InChI=1S/C11H14N2O2S/c1-7-4-3-5-9(8(7)2)15-6-10(14)13-11(12)16/h3-5H,6H2,1-2H3,(H3,12,13,14,16). The Bertz CT molecular complexity index is 418. The van der Waals surface area contributed by atoms with Crippen LogP contribution in [0.1, 0.15) is 11.1 Å². The summed E-state index contributed by atoms with van der Waals surface area (Å²) in [5, 5.41) is 2.25. The molecule has 4 nitrogen and oxygen atoms in total. The van der Waals surface area contributed by atoms with Gasteiger partial charge in [0.1, 0.15) is 5.75 Å². The molecule has 1 aromatic rings. The number of carbonyl (C=O) groups is 1. The summed E-state index contributed by atoms with van der Waals surface area (Å²) in [5.41, 5.74) is 7.30. The summed E-state index contributed by atoms with van der Waals surface area (Å²) < 4.78 is 5.35. The zero-order valence-corrected chi connectivity index (χ0v) is 10.1. The van der Waals surface area contributed by atoms with Crippen LogP contribution in [-0.2, 0) is 4.79 Å².